The highest BCUT2D eigenvalue weighted by molar-refractivity contribution is 7.98. The lowest BCUT2D eigenvalue weighted by molar-refractivity contribution is 0.445. The van der Waals surface area contributed by atoms with Crippen molar-refractivity contribution in [3.8, 4) is 0 Å². The molecule has 0 bridgehead atoms. The molecule has 12 heteroatoms. The lowest BCUT2D eigenvalue weighted by Gasteiger charge is -2.18. The number of aryl methyl sites for hydroxylation is 2. The van der Waals surface area contributed by atoms with Gasteiger partial charge in [-0.1, -0.05) is 39.0 Å². The summed E-state index contributed by atoms with van der Waals surface area (Å²) in [5, 5.41) is 0.632. The second-order valence-electron chi connectivity index (χ2n) is 7.23. The van der Waals surface area contributed by atoms with E-state index in [9.17, 15) is 18.0 Å². The number of thioether (sulfide) groups is 1. The number of nitrogens with one attached hydrogen (secondary N) is 1. The number of hydrogen-bond acceptors (Lipinski definition) is 7. The third-order valence-electron chi connectivity index (χ3n) is 5.24. The normalized spacial score (nSPS) is 12.2. The van der Waals surface area contributed by atoms with Crippen molar-refractivity contribution in [3.05, 3.63) is 45.0 Å². The first-order chi connectivity index (χ1) is 15.2. The molecule has 174 valence electrons. The molecule has 3 rings (SSSR count). The van der Waals surface area contributed by atoms with Gasteiger partial charge in [-0.2, -0.15) is 4.31 Å². The minimum Gasteiger partial charge on any atom is -0.325 e. The molecule has 0 atom stereocenters. The van der Waals surface area contributed by atoms with Crippen LogP contribution in [0.2, 0.25) is 0 Å². The molecule has 0 aliphatic rings. The lowest BCUT2D eigenvalue weighted by Crippen LogP contribution is -2.31. The van der Waals surface area contributed by atoms with Crippen LogP contribution in [-0.4, -0.2) is 49.9 Å². The van der Waals surface area contributed by atoms with Gasteiger partial charge in [0, 0.05) is 32.9 Å². The SMILES string of the molecule is CCCCn1c(=O)[nH]c(=O)c2c1nc(CSc1ccc(S(=O)(=O)N(CC)CC)cn1)n2C. The van der Waals surface area contributed by atoms with Gasteiger partial charge in [0.15, 0.2) is 11.2 Å². The highest BCUT2D eigenvalue weighted by Crippen LogP contribution is 2.23. The second kappa shape index (κ2) is 10.0. The second-order valence-corrected chi connectivity index (χ2v) is 10.2. The zero-order valence-corrected chi connectivity index (χ0v) is 20.3. The average Bonchev–Trinajstić information content (AvgIpc) is 3.09. The van der Waals surface area contributed by atoms with Gasteiger partial charge in [0.2, 0.25) is 10.0 Å². The van der Waals surface area contributed by atoms with E-state index in [4.69, 9.17) is 0 Å². The molecule has 0 saturated carbocycles. The van der Waals surface area contributed by atoms with E-state index in [1.54, 1.807) is 37.6 Å². The Balaban J connectivity index is 1.85. The number of sulfonamides is 1. The molecule has 3 aromatic heterocycles. The predicted octanol–water partition coefficient (Wildman–Crippen LogP) is 1.94. The van der Waals surface area contributed by atoms with Crippen LogP contribution < -0.4 is 11.2 Å². The van der Waals surface area contributed by atoms with Gasteiger partial charge in [0.25, 0.3) is 5.56 Å². The van der Waals surface area contributed by atoms with E-state index in [0.29, 0.717) is 47.4 Å². The molecular weight excluding hydrogens is 452 g/mol. The summed E-state index contributed by atoms with van der Waals surface area (Å²) in [6, 6.07) is 3.21. The third-order valence-corrected chi connectivity index (χ3v) is 8.22. The van der Waals surface area contributed by atoms with Gasteiger partial charge in [-0.05, 0) is 18.6 Å². The van der Waals surface area contributed by atoms with Crippen LogP contribution in [0.15, 0.2) is 37.8 Å². The average molecular weight is 481 g/mol. The first-order valence-electron chi connectivity index (χ1n) is 10.5. The number of pyridine rings is 1. The summed E-state index contributed by atoms with van der Waals surface area (Å²) >= 11 is 1.37. The van der Waals surface area contributed by atoms with E-state index in [0.717, 1.165) is 12.8 Å². The van der Waals surface area contributed by atoms with Crippen LogP contribution in [0.4, 0.5) is 0 Å². The number of unbranched alkanes of at least 4 members (excludes halogenated alkanes) is 1. The largest absolute Gasteiger partial charge is 0.330 e. The minimum atomic E-state index is -3.56. The molecule has 1 N–H and O–H groups in total. The molecule has 3 heterocycles. The summed E-state index contributed by atoms with van der Waals surface area (Å²) in [6.07, 6.45) is 3.07. The number of aromatic nitrogens is 5. The molecule has 0 aromatic carbocycles. The Labute approximate surface area is 190 Å². The number of hydrogen-bond donors (Lipinski definition) is 1. The first kappa shape index (κ1) is 24.2. The summed E-state index contributed by atoms with van der Waals surface area (Å²) in [5.74, 6) is 1.02. The Bertz CT molecular complexity index is 1300. The van der Waals surface area contributed by atoms with Crippen molar-refractivity contribution in [2.24, 2.45) is 7.05 Å². The highest BCUT2D eigenvalue weighted by Gasteiger charge is 2.22. The Morgan fingerprint density at radius 2 is 1.88 bits per heavy atom. The molecule has 0 unspecified atom stereocenters. The van der Waals surface area contributed by atoms with E-state index in [-0.39, 0.29) is 4.90 Å². The van der Waals surface area contributed by atoms with E-state index in [2.05, 4.69) is 15.0 Å². The zero-order chi connectivity index (χ0) is 23.5. The fraction of sp³-hybridized carbons (Fsp3) is 0.500. The van der Waals surface area contributed by atoms with Crippen LogP contribution in [0.3, 0.4) is 0 Å². The maximum absolute atomic E-state index is 12.6. The smallest absolute Gasteiger partial charge is 0.325 e. The maximum atomic E-state index is 12.6. The topological polar surface area (TPSA) is 123 Å². The summed E-state index contributed by atoms with van der Waals surface area (Å²) < 4.78 is 29.8. The molecule has 0 radical (unpaired) electrons. The van der Waals surface area contributed by atoms with Crippen molar-refractivity contribution in [2.45, 2.75) is 55.8 Å². The Morgan fingerprint density at radius 1 is 1.16 bits per heavy atom. The van der Waals surface area contributed by atoms with Crippen LogP contribution in [0.25, 0.3) is 11.2 Å². The predicted molar refractivity (Wildman–Crippen MR) is 124 cm³/mol. The molecular formula is C20H28N6O4S2. The van der Waals surface area contributed by atoms with Gasteiger partial charge >= 0.3 is 5.69 Å². The van der Waals surface area contributed by atoms with Crippen LogP contribution in [0.1, 0.15) is 39.4 Å². The van der Waals surface area contributed by atoms with E-state index >= 15 is 0 Å². The van der Waals surface area contributed by atoms with E-state index in [1.165, 1.54) is 26.8 Å². The summed E-state index contributed by atoms with van der Waals surface area (Å²) in [7, 11) is -1.82. The van der Waals surface area contributed by atoms with Crippen LogP contribution in [-0.2, 0) is 29.4 Å². The van der Waals surface area contributed by atoms with Crippen molar-refractivity contribution in [3.63, 3.8) is 0 Å². The van der Waals surface area contributed by atoms with E-state index in [1.807, 2.05) is 6.92 Å². The van der Waals surface area contributed by atoms with Crippen molar-refractivity contribution in [2.75, 3.05) is 13.1 Å². The fourth-order valence-corrected chi connectivity index (χ4v) is 5.63. The Kier molecular flexibility index (Phi) is 7.57. The number of imidazole rings is 1. The zero-order valence-electron chi connectivity index (χ0n) is 18.7. The molecule has 3 aromatic rings. The third kappa shape index (κ3) is 4.66. The highest BCUT2D eigenvalue weighted by atomic mass is 32.2. The number of nitrogens with zero attached hydrogens (tertiary/aromatic N) is 5. The van der Waals surface area contributed by atoms with Gasteiger partial charge in [-0.25, -0.2) is 23.2 Å². The van der Waals surface area contributed by atoms with Crippen molar-refractivity contribution in [1.82, 2.24) is 28.4 Å². The quantitative estimate of drug-likeness (QED) is 0.440. The van der Waals surface area contributed by atoms with Gasteiger partial charge in [0.05, 0.1) is 10.8 Å². The first-order valence-corrected chi connectivity index (χ1v) is 12.9. The molecule has 0 spiro atoms. The molecule has 0 amide bonds. The number of fused-ring (bicyclic) bond motifs is 1. The fourth-order valence-electron chi connectivity index (χ4n) is 3.40. The molecule has 0 aliphatic carbocycles. The molecule has 0 aliphatic heterocycles. The van der Waals surface area contributed by atoms with Crippen LogP contribution >= 0.6 is 11.8 Å². The lowest BCUT2D eigenvalue weighted by atomic mass is 10.3. The molecule has 0 fully saturated rings. The minimum absolute atomic E-state index is 0.153. The monoisotopic (exact) mass is 480 g/mol. The Hall–Kier alpha value is -2.44. The van der Waals surface area contributed by atoms with Crippen LogP contribution in [0.5, 0.6) is 0 Å². The standard InChI is InChI=1S/C20H28N6O4S2/c1-5-8-11-26-18-17(19(27)23-20(26)28)24(4)15(22-18)13-31-16-10-9-14(12-21-16)32(29,30)25(6-2)7-3/h9-10,12H,5-8,11,13H2,1-4H3,(H,23,27,28). The van der Waals surface area contributed by atoms with Crippen molar-refractivity contribution < 1.29 is 8.42 Å². The van der Waals surface area contributed by atoms with Crippen molar-refractivity contribution in [1.29, 1.82) is 0 Å². The summed E-state index contributed by atoms with van der Waals surface area (Å²) in [6.45, 7) is 6.88. The number of rotatable bonds is 10. The van der Waals surface area contributed by atoms with Gasteiger partial charge < -0.3 is 4.57 Å². The van der Waals surface area contributed by atoms with Crippen LogP contribution in [0, 0.1) is 0 Å². The van der Waals surface area contributed by atoms with Gasteiger partial charge in [0.1, 0.15) is 10.7 Å². The summed E-state index contributed by atoms with van der Waals surface area (Å²) in [4.78, 5) is 36.0. The molecule has 32 heavy (non-hydrogen) atoms. The summed E-state index contributed by atoms with van der Waals surface area (Å²) in [5.41, 5.74) is -0.197. The molecule has 0 saturated heterocycles. The molecule has 10 nitrogen and oxygen atoms in total. The van der Waals surface area contributed by atoms with Crippen molar-refractivity contribution >= 4 is 32.9 Å². The van der Waals surface area contributed by atoms with E-state index < -0.39 is 21.3 Å². The Morgan fingerprint density at radius 3 is 2.47 bits per heavy atom. The number of aromatic amines is 1. The van der Waals surface area contributed by atoms with Gasteiger partial charge in [-0.3, -0.25) is 14.3 Å². The van der Waals surface area contributed by atoms with Gasteiger partial charge in [-0.15, -0.1) is 0 Å². The maximum Gasteiger partial charge on any atom is 0.330 e. The number of H-pyrrole nitrogens is 1.